The summed E-state index contributed by atoms with van der Waals surface area (Å²) in [6, 6.07) is 0.714. The van der Waals surface area contributed by atoms with Crippen molar-refractivity contribution >= 4 is 17.0 Å². The Morgan fingerprint density at radius 3 is 3.00 bits per heavy atom. The number of aliphatic hydroxyl groups is 1. The molecule has 10 nitrogen and oxygen atoms in total. The monoisotopic (exact) mass is 449 g/mol. The fraction of sp³-hybridized carbons (Fsp3) is 0.550. The van der Waals surface area contributed by atoms with Gasteiger partial charge < -0.3 is 20.6 Å². The summed E-state index contributed by atoms with van der Waals surface area (Å²) >= 11 is 0. The molecule has 172 valence electrons. The lowest BCUT2D eigenvalue weighted by Gasteiger charge is -2.32. The number of hydrogen-bond acceptors (Lipinski definition) is 9. The lowest BCUT2D eigenvalue weighted by Crippen LogP contribution is -2.44. The molecule has 3 atom stereocenters. The summed E-state index contributed by atoms with van der Waals surface area (Å²) in [5.41, 5.74) is 5.50. The maximum atomic E-state index is 13.1. The number of hydrazine groups is 2. The van der Waals surface area contributed by atoms with Crippen molar-refractivity contribution in [1.29, 1.82) is 0 Å². The summed E-state index contributed by atoms with van der Waals surface area (Å²) in [4.78, 5) is 22.0. The van der Waals surface area contributed by atoms with Crippen LogP contribution >= 0.6 is 0 Å². The number of piperidine rings is 1. The fourth-order valence-electron chi connectivity index (χ4n) is 4.83. The number of alkyl halides is 2. The van der Waals surface area contributed by atoms with E-state index in [1.54, 1.807) is 6.92 Å². The van der Waals surface area contributed by atoms with Crippen molar-refractivity contribution in [3.05, 3.63) is 34.5 Å². The van der Waals surface area contributed by atoms with Crippen LogP contribution in [0.1, 0.15) is 45.1 Å². The Bertz CT molecular complexity index is 1120. The van der Waals surface area contributed by atoms with E-state index in [0.29, 0.717) is 30.6 Å². The lowest BCUT2D eigenvalue weighted by molar-refractivity contribution is -0.0513. The van der Waals surface area contributed by atoms with Crippen LogP contribution in [0.2, 0.25) is 0 Å². The predicted octanol–water partition coefficient (Wildman–Crippen LogP) is 1.61. The van der Waals surface area contributed by atoms with Crippen molar-refractivity contribution in [2.24, 2.45) is 0 Å². The second kappa shape index (κ2) is 7.85. The summed E-state index contributed by atoms with van der Waals surface area (Å²) in [6.45, 7) is -0.692. The standard InChI is InChI=1S/C20H25F2N7O3/c1-20(31)5-2-3-15(20)29-16-11(7-14(17(29)30)32-18(21)22)9-23-19(26-16)25-12-4-6-28-13(8-12)10-24-27-28/h7,9-10,12,15,18,24,27,31H,2-6,8H2,1H3,(H,23,25,26)/t12?,15-,20-/m1/s1. The molecule has 2 aromatic heterocycles. The Hall–Kier alpha value is -2.99. The van der Waals surface area contributed by atoms with Gasteiger partial charge in [-0.3, -0.25) is 14.4 Å². The Labute approximate surface area is 182 Å². The number of anilines is 1. The molecule has 1 unspecified atom stereocenters. The van der Waals surface area contributed by atoms with Crippen molar-refractivity contribution in [2.45, 2.75) is 63.3 Å². The maximum absolute atomic E-state index is 13.1. The molecule has 0 radical (unpaired) electrons. The second-order valence-electron chi connectivity index (χ2n) is 8.68. The number of ether oxygens (including phenoxy) is 1. The molecule has 4 N–H and O–H groups in total. The molecule has 2 aromatic rings. The topological polar surface area (TPSA) is 117 Å². The molecular formula is C20H25F2N7O3. The van der Waals surface area contributed by atoms with Crippen LogP contribution in [-0.4, -0.2) is 49.4 Å². The Balaban J connectivity index is 1.54. The van der Waals surface area contributed by atoms with E-state index < -0.39 is 29.6 Å². The third-order valence-corrected chi connectivity index (χ3v) is 6.42. The Kier molecular flexibility index (Phi) is 5.13. The van der Waals surface area contributed by atoms with Crippen molar-refractivity contribution in [2.75, 3.05) is 11.9 Å². The third-order valence-electron chi connectivity index (χ3n) is 6.42. The summed E-state index contributed by atoms with van der Waals surface area (Å²) in [5.74, 6) is -0.149. The molecule has 0 aromatic carbocycles. The molecule has 2 aliphatic heterocycles. The molecule has 0 spiro atoms. The highest BCUT2D eigenvalue weighted by molar-refractivity contribution is 5.77. The van der Waals surface area contributed by atoms with E-state index in [1.807, 2.05) is 11.2 Å². The zero-order chi connectivity index (χ0) is 22.5. The average Bonchev–Trinajstić information content (AvgIpc) is 3.34. The van der Waals surface area contributed by atoms with Gasteiger partial charge in [-0.1, -0.05) is 0 Å². The van der Waals surface area contributed by atoms with Crippen LogP contribution in [0.15, 0.2) is 29.0 Å². The van der Waals surface area contributed by atoms with E-state index in [2.05, 4.69) is 31.0 Å². The summed E-state index contributed by atoms with van der Waals surface area (Å²) in [6.07, 6.45) is 6.72. The molecule has 12 heteroatoms. The van der Waals surface area contributed by atoms with Gasteiger partial charge in [-0.05, 0) is 38.7 Å². The zero-order valence-electron chi connectivity index (χ0n) is 17.5. The number of rotatable bonds is 5. The number of hydrogen-bond donors (Lipinski definition) is 4. The Morgan fingerprint density at radius 2 is 2.25 bits per heavy atom. The van der Waals surface area contributed by atoms with E-state index in [9.17, 15) is 18.7 Å². The van der Waals surface area contributed by atoms with Gasteiger partial charge in [0.1, 0.15) is 5.65 Å². The molecule has 32 heavy (non-hydrogen) atoms. The largest absolute Gasteiger partial charge is 0.429 e. The van der Waals surface area contributed by atoms with Crippen molar-refractivity contribution < 1.29 is 18.6 Å². The van der Waals surface area contributed by atoms with E-state index in [-0.39, 0.29) is 11.7 Å². The quantitative estimate of drug-likeness (QED) is 0.540. The minimum absolute atomic E-state index is 0.0906. The molecule has 3 aliphatic rings. The molecule has 1 saturated heterocycles. The maximum Gasteiger partial charge on any atom is 0.387 e. The van der Waals surface area contributed by atoms with Gasteiger partial charge in [0.15, 0.2) is 5.75 Å². The van der Waals surface area contributed by atoms with Gasteiger partial charge in [-0.15, -0.1) is 5.53 Å². The van der Waals surface area contributed by atoms with Gasteiger partial charge in [0.25, 0.3) is 5.56 Å². The van der Waals surface area contributed by atoms with E-state index in [0.717, 1.165) is 25.1 Å². The first-order valence-electron chi connectivity index (χ1n) is 10.7. The van der Waals surface area contributed by atoms with Crippen LogP contribution in [0, 0.1) is 0 Å². The molecule has 2 fully saturated rings. The SMILES string of the molecule is C[C@@]1(O)CCC[C@H]1n1c(=O)c(OC(F)F)cc2cnc(NC3CCN4NNC=C4C3)nc21. The number of nitrogens with one attached hydrogen (secondary N) is 3. The van der Waals surface area contributed by atoms with E-state index in [1.165, 1.54) is 16.8 Å². The highest BCUT2D eigenvalue weighted by Gasteiger charge is 2.40. The fourth-order valence-corrected chi connectivity index (χ4v) is 4.83. The molecule has 1 aliphatic carbocycles. The summed E-state index contributed by atoms with van der Waals surface area (Å²) < 4.78 is 31.6. The predicted molar refractivity (Wildman–Crippen MR) is 112 cm³/mol. The first-order chi connectivity index (χ1) is 15.3. The van der Waals surface area contributed by atoms with Crippen LogP contribution in [0.4, 0.5) is 14.7 Å². The number of fused-ring (bicyclic) bond motifs is 2. The lowest BCUT2D eigenvalue weighted by atomic mass is 10.00. The average molecular weight is 449 g/mol. The molecule has 4 heterocycles. The van der Waals surface area contributed by atoms with E-state index >= 15 is 0 Å². The highest BCUT2D eigenvalue weighted by atomic mass is 19.3. The number of halogens is 2. The van der Waals surface area contributed by atoms with Crippen LogP contribution in [0.3, 0.4) is 0 Å². The van der Waals surface area contributed by atoms with Gasteiger partial charge >= 0.3 is 6.61 Å². The van der Waals surface area contributed by atoms with Crippen LogP contribution in [0.5, 0.6) is 5.75 Å². The van der Waals surface area contributed by atoms with Crippen molar-refractivity contribution in [3.8, 4) is 5.75 Å². The van der Waals surface area contributed by atoms with Crippen LogP contribution < -0.4 is 26.6 Å². The van der Waals surface area contributed by atoms with Crippen molar-refractivity contribution in [3.63, 3.8) is 0 Å². The molecule has 1 saturated carbocycles. The molecular weight excluding hydrogens is 424 g/mol. The highest BCUT2D eigenvalue weighted by Crippen LogP contribution is 2.40. The minimum atomic E-state index is -3.14. The van der Waals surface area contributed by atoms with E-state index in [4.69, 9.17) is 0 Å². The number of nitrogens with zero attached hydrogens (tertiary/aromatic N) is 4. The third kappa shape index (κ3) is 3.73. The van der Waals surface area contributed by atoms with Gasteiger partial charge in [0, 0.05) is 36.8 Å². The number of pyridine rings is 1. The van der Waals surface area contributed by atoms with Gasteiger partial charge in [0.05, 0.1) is 17.3 Å². The van der Waals surface area contributed by atoms with Crippen LogP contribution in [0.25, 0.3) is 11.0 Å². The summed E-state index contributed by atoms with van der Waals surface area (Å²) in [5, 5.41) is 16.6. The van der Waals surface area contributed by atoms with Crippen LogP contribution in [-0.2, 0) is 0 Å². The van der Waals surface area contributed by atoms with Gasteiger partial charge in [-0.25, -0.2) is 4.98 Å². The smallest absolute Gasteiger partial charge is 0.387 e. The van der Waals surface area contributed by atoms with Gasteiger partial charge in [0.2, 0.25) is 5.95 Å². The second-order valence-corrected chi connectivity index (χ2v) is 8.68. The van der Waals surface area contributed by atoms with Gasteiger partial charge in [-0.2, -0.15) is 13.8 Å². The first kappa shape index (κ1) is 20.9. The minimum Gasteiger partial charge on any atom is -0.429 e. The van der Waals surface area contributed by atoms with Crippen molar-refractivity contribution in [1.82, 2.24) is 30.5 Å². The number of aromatic nitrogens is 3. The summed E-state index contributed by atoms with van der Waals surface area (Å²) in [7, 11) is 0. The normalized spacial score (nSPS) is 27.4. The molecule has 5 rings (SSSR count). The first-order valence-corrected chi connectivity index (χ1v) is 10.7. The zero-order valence-corrected chi connectivity index (χ0v) is 17.5. The molecule has 0 amide bonds. The Morgan fingerprint density at radius 1 is 1.41 bits per heavy atom. The molecule has 0 bridgehead atoms.